The highest BCUT2D eigenvalue weighted by molar-refractivity contribution is 7.12. The van der Waals surface area contributed by atoms with Crippen molar-refractivity contribution in [2.45, 2.75) is 0 Å². The monoisotopic (exact) mass is 310 g/mol. The van der Waals surface area contributed by atoms with Crippen molar-refractivity contribution in [1.82, 2.24) is 5.43 Å². The predicted octanol–water partition coefficient (Wildman–Crippen LogP) is 2.88. The summed E-state index contributed by atoms with van der Waals surface area (Å²) in [4.78, 5) is 12.2. The minimum atomic E-state index is -0.284. The van der Waals surface area contributed by atoms with Crippen LogP contribution in [0.1, 0.15) is 15.2 Å². The molecule has 104 valence electrons. The van der Waals surface area contributed by atoms with Gasteiger partial charge in [0.2, 0.25) is 0 Å². The maximum Gasteiger partial charge on any atom is 0.281 e. The van der Waals surface area contributed by atoms with Gasteiger partial charge in [0.25, 0.3) is 5.91 Å². The molecule has 0 spiro atoms. The summed E-state index contributed by atoms with van der Waals surface area (Å²) in [5, 5.41) is 15.4. The first kappa shape index (κ1) is 14.4. The Morgan fingerprint density at radius 3 is 3.00 bits per heavy atom. The number of aromatic hydroxyl groups is 1. The lowest BCUT2D eigenvalue weighted by molar-refractivity contribution is 0.0959. The van der Waals surface area contributed by atoms with Crippen molar-refractivity contribution in [3.63, 3.8) is 0 Å². The fourth-order valence-corrected chi connectivity index (χ4v) is 2.28. The van der Waals surface area contributed by atoms with Crippen LogP contribution in [0.25, 0.3) is 0 Å². The fraction of sp³-hybridized carbons (Fsp3) is 0.0769. The van der Waals surface area contributed by atoms with Crippen molar-refractivity contribution in [3.8, 4) is 11.5 Å². The van der Waals surface area contributed by atoms with E-state index in [0.29, 0.717) is 10.4 Å². The van der Waals surface area contributed by atoms with Crippen LogP contribution in [0, 0.1) is 0 Å². The van der Waals surface area contributed by atoms with Crippen LogP contribution in [0.4, 0.5) is 0 Å². The highest BCUT2D eigenvalue weighted by Crippen LogP contribution is 2.34. The van der Waals surface area contributed by atoms with Gasteiger partial charge in [-0.3, -0.25) is 4.79 Å². The van der Waals surface area contributed by atoms with E-state index in [9.17, 15) is 9.90 Å². The highest BCUT2D eigenvalue weighted by atomic mass is 35.5. The molecule has 5 nitrogen and oxygen atoms in total. The first-order valence-electron chi connectivity index (χ1n) is 5.55. The Balaban J connectivity index is 2.08. The number of phenols is 1. The zero-order valence-electron chi connectivity index (χ0n) is 10.5. The third-order valence-corrected chi connectivity index (χ3v) is 3.55. The van der Waals surface area contributed by atoms with E-state index in [1.54, 1.807) is 18.2 Å². The first-order valence-corrected chi connectivity index (χ1v) is 6.81. The van der Waals surface area contributed by atoms with Crippen molar-refractivity contribution < 1.29 is 14.6 Å². The van der Waals surface area contributed by atoms with Gasteiger partial charge in [-0.25, -0.2) is 5.43 Å². The molecule has 0 saturated heterocycles. The van der Waals surface area contributed by atoms with Gasteiger partial charge in [0.15, 0.2) is 11.5 Å². The SMILES string of the molecule is COc1cc(/C=N\NC(=O)c2cccs2)cc(Cl)c1O. The van der Waals surface area contributed by atoms with E-state index in [0.717, 1.165) is 0 Å². The number of thiophene rings is 1. The number of carbonyl (C=O) groups excluding carboxylic acids is 1. The first-order chi connectivity index (χ1) is 9.61. The Morgan fingerprint density at radius 1 is 1.55 bits per heavy atom. The Bertz CT molecular complexity index is 641. The van der Waals surface area contributed by atoms with Crippen LogP contribution >= 0.6 is 22.9 Å². The molecule has 2 aromatic rings. The summed E-state index contributed by atoms with van der Waals surface area (Å²) in [6.07, 6.45) is 1.42. The molecule has 0 saturated carbocycles. The molecule has 1 heterocycles. The van der Waals surface area contributed by atoms with Gasteiger partial charge in [0, 0.05) is 0 Å². The number of phenolic OH excluding ortho intramolecular Hbond substituents is 1. The molecule has 2 N–H and O–H groups in total. The van der Waals surface area contributed by atoms with Gasteiger partial charge in [-0.05, 0) is 29.1 Å². The maximum atomic E-state index is 11.6. The molecule has 0 atom stereocenters. The van der Waals surface area contributed by atoms with Gasteiger partial charge in [-0.1, -0.05) is 17.7 Å². The van der Waals surface area contributed by atoms with Crippen LogP contribution < -0.4 is 10.2 Å². The smallest absolute Gasteiger partial charge is 0.281 e. The average molecular weight is 311 g/mol. The van der Waals surface area contributed by atoms with Gasteiger partial charge in [0.1, 0.15) is 0 Å². The Morgan fingerprint density at radius 2 is 2.35 bits per heavy atom. The van der Waals surface area contributed by atoms with Crippen LogP contribution in [0.15, 0.2) is 34.7 Å². The third-order valence-electron chi connectivity index (χ3n) is 2.40. The highest BCUT2D eigenvalue weighted by Gasteiger charge is 2.08. The van der Waals surface area contributed by atoms with E-state index in [1.807, 2.05) is 5.38 Å². The molecular formula is C13H11ClN2O3S. The summed E-state index contributed by atoms with van der Waals surface area (Å²) < 4.78 is 4.97. The molecule has 0 aliphatic rings. The Kier molecular flexibility index (Phi) is 4.60. The van der Waals surface area contributed by atoms with Crippen LogP contribution in [0.2, 0.25) is 5.02 Å². The molecule has 0 aliphatic carbocycles. The second kappa shape index (κ2) is 6.40. The fourth-order valence-electron chi connectivity index (χ4n) is 1.45. The second-order valence-corrected chi connectivity index (χ2v) is 5.08. The number of nitrogens with zero attached hydrogens (tertiary/aromatic N) is 1. The lowest BCUT2D eigenvalue weighted by Gasteiger charge is -2.05. The third kappa shape index (κ3) is 3.28. The van der Waals surface area contributed by atoms with Crippen LogP contribution in [-0.4, -0.2) is 24.3 Å². The zero-order valence-corrected chi connectivity index (χ0v) is 12.0. The summed E-state index contributed by atoms with van der Waals surface area (Å²) in [7, 11) is 1.42. The number of amides is 1. The van der Waals surface area contributed by atoms with E-state index in [1.165, 1.54) is 30.7 Å². The number of rotatable bonds is 4. The van der Waals surface area contributed by atoms with Gasteiger partial charge in [-0.15, -0.1) is 11.3 Å². The number of ether oxygens (including phenoxy) is 1. The van der Waals surface area contributed by atoms with Gasteiger partial charge in [-0.2, -0.15) is 5.10 Å². The molecule has 1 amide bonds. The van der Waals surface area contributed by atoms with Crippen LogP contribution in [-0.2, 0) is 0 Å². The van der Waals surface area contributed by atoms with E-state index in [-0.39, 0.29) is 22.4 Å². The molecule has 1 aromatic heterocycles. The molecule has 7 heteroatoms. The topological polar surface area (TPSA) is 70.9 Å². The number of hydrogen-bond donors (Lipinski definition) is 2. The Labute approximate surface area is 124 Å². The van der Waals surface area contributed by atoms with E-state index >= 15 is 0 Å². The maximum absolute atomic E-state index is 11.6. The summed E-state index contributed by atoms with van der Waals surface area (Å²) >= 11 is 7.17. The number of nitrogens with one attached hydrogen (secondary N) is 1. The van der Waals surface area contributed by atoms with Crippen LogP contribution in [0.3, 0.4) is 0 Å². The molecule has 0 aliphatic heterocycles. The molecule has 20 heavy (non-hydrogen) atoms. The second-order valence-electron chi connectivity index (χ2n) is 3.73. The normalized spacial score (nSPS) is 10.7. The van der Waals surface area contributed by atoms with Crippen molar-refractivity contribution in [1.29, 1.82) is 0 Å². The van der Waals surface area contributed by atoms with E-state index < -0.39 is 0 Å². The molecule has 2 rings (SSSR count). The zero-order chi connectivity index (χ0) is 14.5. The van der Waals surface area contributed by atoms with Gasteiger partial charge >= 0.3 is 0 Å². The molecular weight excluding hydrogens is 300 g/mol. The number of hydrogen-bond acceptors (Lipinski definition) is 5. The van der Waals surface area contributed by atoms with E-state index in [4.69, 9.17) is 16.3 Å². The number of hydrazone groups is 1. The van der Waals surface area contributed by atoms with Crippen molar-refractivity contribution in [2.75, 3.05) is 7.11 Å². The molecule has 0 radical (unpaired) electrons. The quantitative estimate of drug-likeness (QED) is 0.674. The van der Waals surface area contributed by atoms with Crippen molar-refractivity contribution in [3.05, 3.63) is 45.1 Å². The molecule has 1 aromatic carbocycles. The Hall–Kier alpha value is -2.05. The number of carbonyl (C=O) groups is 1. The minimum Gasteiger partial charge on any atom is -0.503 e. The largest absolute Gasteiger partial charge is 0.503 e. The molecule has 0 fully saturated rings. The predicted molar refractivity (Wildman–Crippen MR) is 79.0 cm³/mol. The minimum absolute atomic E-state index is 0.131. The average Bonchev–Trinajstić information content (AvgIpc) is 2.96. The number of methoxy groups -OCH3 is 1. The van der Waals surface area contributed by atoms with Gasteiger partial charge < -0.3 is 9.84 Å². The summed E-state index contributed by atoms with van der Waals surface area (Å²) in [6.45, 7) is 0. The number of halogens is 1. The lowest BCUT2D eigenvalue weighted by atomic mass is 10.2. The van der Waals surface area contributed by atoms with Crippen molar-refractivity contribution in [2.24, 2.45) is 5.10 Å². The summed E-state index contributed by atoms with van der Waals surface area (Å²) in [6, 6.07) is 6.56. The summed E-state index contributed by atoms with van der Waals surface area (Å²) in [5.74, 6) is -0.175. The summed E-state index contributed by atoms with van der Waals surface area (Å²) in [5.41, 5.74) is 2.99. The van der Waals surface area contributed by atoms with E-state index in [2.05, 4.69) is 10.5 Å². The standard InChI is InChI=1S/C13H11ClN2O3S/c1-19-10-6-8(5-9(14)12(10)17)7-15-16-13(18)11-3-2-4-20-11/h2-7,17H,1H3,(H,16,18)/b15-7-. The van der Waals surface area contributed by atoms with Gasteiger partial charge in [0.05, 0.1) is 23.2 Å². The molecule has 0 unspecified atom stereocenters. The molecule has 0 bridgehead atoms. The van der Waals surface area contributed by atoms with Crippen molar-refractivity contribution >= 4 is 35.1 Å². The van der Waals surface area contributed by atoms with Crippen LogP contribution in [0.5, 0.6) is 11.5 Å². The lowest BCUT2D eigenvalue weighted by Crippen LogP contribution is -2.16. The number of benzene rings is 1.